The van der Waals surface area contributed by atoms with E-state index in [9.17, 15) is 8.42 Å². The Hall–Kier alpha value is -0.170. The molecular formula is C12H16BrClN2O2S. The van der Waals surface area contributed by atoms with Crippen LogP contribution in [0, 0.1) is 5.92 Å². The molecule has 2 rings (SSSR count). The van der Waals surface area contributed by atoms with Crippen LogP contribution in [0.1, 0.15) is 26.2 Å². The normalized spacial score (nSPS) is 18.7. The summed E-state index contributed by atoms with van der Waals surface area (Å²) in [7, 11) is -3.54. The van der Waals surface area contributed by atoms with Gasteiger partial charge in [-0.2, -0.15) is 4.31 Å². The molecule has 106 valence electrons. The molecule has 4 nitrogen and oxygen atoms in total. The fourth-order valence-corrected chi connectivity index (χ4v) is 4.67. The maximum Gasteiger partial charge on any atom is 0.246 e. The first-order chi connectivity index (χ1) is 8.95. The number of aromatic nitrogens is 1. The second-order valence-electron chi connectivity index (χ2n) is 4.70. The predicted molar refractivity (Wildman–Crippen MR) is 78.7 cm³/mol. The third-order valence-corrected chi connectivity index (χ3v) is 6.30. The molecule has 1 aromatic rings. The number of pyridine rings is 1. The zero-order chi connectivity index (χ0) is 14.0. The number of hydrogen-bond acceptors (Lipinski definition) is 3. The van der Waals surface area contributed by atoms with Crippen molar-refractivity contribution in [1.82, 2.24) is 9.29 Å². The smallest absolute Gasteiger partial charge is 0.242 e. The molecule has 1 aromatic heterocycles. The molecule has 19 heavy (non-hydrogen) atoms. The van der Waals surface area contributed by atoms with E-state index in [1.165, 1.54) is 16.6 Å². The molecule has 0 bridgehead atoms. The number of nitrogens with zero attached hydrogens (tertiary/aromatic N) is 2. The van der Waals surface area contributed by atoms with Gasteiger partial charge in [0.15, 0.2) is 0 Å². The van der Waals surface area contributed by atoms with E-state index < -0.39 is 10.0 Å². The summed E-state index contributed by atoms with van der Waals surface area (Å²) in [6.07, 6.45) is 4.42. The van der Waals surface area contributed by atoms with Gasteiger partial charge >= 0.3 is 0 Å². The van der Waals surface area contributed by atoms with Crippen LogP contribution in [0.15, 0.2) is 21.6 Å². The first-order valence-corrected chi connectivity index (χ1v) is 8.87. The van der Waals surface area contributed by atoms with Gasteiger partial charge in [-0.25, -0.2) is 13.4 Å². The average molecular weight is 368 g/mol. The van der Waals surface area contributed by atoms with Gasteiger partial charge in [-0.15, -0.1) is 0 Å². The Morgan fingerprint density at radius 3 is 2.68 bits per heavy atom. The van der Waals surface area contributed by atoms with Crippen LogP contribution < -0.4 is 0 Å². The van der Waals surface area contributed by atoms with E-state index in [1.54, 1.807) is 0 Å². The number of sulfonamides is 1. The Labute approximate surface area is 127 Å². The molecule has 1 saturated heterocycles. The second-order valence-corrected chi connectivity index (χ2v) is 7.88. The molecule has 2 heterocycles. The number of halogens is 2. The summed E-state index contributed by atoms with van der Waals surface area (Å²) >= 11 is 9.15. The highest BCUT2D eigenvalue weighted by atomic mass is 79.9. The molecular weight excluding hydrogens is 352 g/mol. The minimum absolute atomic E-state index is 0.0285. The Kier molecular flexibility index (Phi) is 4.87. The number of hydrogen-bond donors (Lipinski definition) is 0. The molecule has 0 spiro atoms. The van der Waals surface area contributed by atoms with E-state index >= 15 is 0 Å². The van der Waals surface area contributed by atoms with Crippen molar-refractivity contribution in [3.63, 3.8) is 0 Å². The Bertz CT molecular complexity index is 557. The highest BCUT2D eigenvalue weighted by Gasteiger charge is 2.30. The van der Waals surface area contributed by atoms with E-state index in [-0.39, 0.29) is 10.0 Å². The van der Waals surface area contributed by atoms with Gasteiger partial charge in [0.25, 0.3) is 0 Å². The largest absolute Gasteiger partial charge is 0.246 e. The van der Waals surface area contributed by atoms with Gasteiger partial charge < -0.3 is 0 Å². The van der Waals surface area contributed by atoms with Gasteiger partial charge in [0.05, 0.1) is 0 Å². The van der Waals surface area contributed by atoms with E-state index in [0.717, 1.165) is 19.3 Å². The lowest BCUT2D eigenvalue weighted by molar-refractivity contribution is 0.269. The van der Waals surface area contributed by atoms with Gasteiger partial charge in [0, 0.05) is 23.8 Å². The monoisotopic (exact) mass is 366 g/mol. The predicted octanol–water partition coefficient (Wildman–Crippen LogP) is 3.31. The highest BCUT2D eigenvalue weighted by molar-refractivity contribution is 9.10. The maximum atomic E-state index is 12.5. The van der Waals surface area contributed by atoms with Crippen LogP contribution in [0.4, 0.5) is 0 Å². The average Bonchev–Trinajstić information content (AvgIpc) is 2.41. The molecule has 0 aliphatic carbocycles. The SMILES string of the molecule is CCC1CCN(S(=O)(=O)c2cc(Br)cnc2Cl)CC1. The van der Waals surface area contributed by atoms with E-state index in [0.29, 0.717) is 23.5 Å². The van der Waals surface area contributed by atoms with Crippen molar-refractivity contribution in [3.05, 3.63) is 21.9 Å². The minimum Gasteiger partial charge on any atom is -0.242 e. The van der Waals surface area contributed by atoms with Gasteiger partial charge in [-0.05, 0) is 40.8 Å². The summed E-state index contributed by atoms with van der Waals surface area (Å²) in [4.78, 5) is 3.97. The lowest BCUT2D eigenvalue weighted by atomic mass is 9.96. The van der Waals surface area contributed by atoms with Crippen LogP contribution in [-0.2, 0) is 10.0 Å². The quantitative estimate of drug-likeness (QED) is 0.770. The zero-order valence-corrected chi connectivity index (χ0v) is 13.8. The van der Waals surface area contributed by atoms with Crippen molar-refractivity contribution >= 4 is 37.6 Å². The summed E-state index contributed by atoms with van der Waals surface area (Å²) in [6, 6.07) is 1.51. The fourth-order valence-electron chi connectivity index (χ4n) is 2.28. The topological polar surface area (TPSA) is 50.3 Å². The lowest BCUT2D eigenvalue weighted by Crippen LogP contribution is -2.38. The van der Waals surface area contributed by atoms with E-state index in [4.69, 9.17) is 11.6 Å². The lowest BCUT2D eigenvalue weighted by Gasteiger charge is -2.30. The summed E-state index contributed by atoms with van der Waals surface area (Å²) in [5.74, 6) is 0.627. The minimum atomic E-state index is -3.54. The van der Waals surface area contributed by atoms with Crippen molar-refractivity contribution in [2.45, 2.75) is 31.1 Å². The van der Waals surface area contributed by atoms with Crippen molar-refractivity contribution in [2.24, 2.45) is 5.92 Å². The van der Waals surface area contributed by atoms with Gasteiger partial charge in [-0.1, -0.05) is 24.9 Å². The molecule has 1 aliphatic heterocycles. The summed E-state index contributed by atoms with van der Waals surface area (Å²) in [6.45, 7) is 3.26. The highest BCUT2D eigenvalue weighted by Crippen LogP contribution is 2.29. The standard InChI is InChI=1S/C12H16BrClN2O2S/c1-2-9-3-5-16(6-4-9)19(17,18)11-7-10(13)8-15-12(11)14/h7-9H,2-6H2,1H3. The Balaban J connectivity index is 2.26. The van der Waals surface area contributed by atoms with Crippen LogP contribution in [0.3, 0.4) is 0 Å². The van der Waals surface area contributed by atoms with Gasteiger partial charge in [0.2, 0.25) is 10.0 Å². The van der Waals surface area contributed by atoms with Crippen LogP contribution >= 0.6 is 27.5 Å². The first-order valence-electron chi connectivity index (χ1n) is 6.26. The molecule has 0 radical (unpaired) electrons. The second kappa shape index (κ2) is 6.08. The molecule has 0 amide bonds. The molecule has 7 heteroatoms. The Morgan fingerprint density at radius 2 is 2.11 bits per heavy atom. The number of piperidine rings is 1. The summed E-state index contributed by atoms with van der Waals surface area (Å²) < 4.78 is 27.2. The van der Waals surface area contributed by atoms with Crippen LogP contribution in [-0.4, -0.2) is 30.8 Å². The van der Waals surface area contributed by atoms with Gasteiger partial charge in [-0.3, -0.25) is 0 Å². The molecule has 0 atom stereocenters. The summed E-state index contributed by atoms with van der Waals surface area (Å²) in [5, 5.41) is 0.0285. The fraction of sp³-hybridized carbons (Fsp3) is 0.583. The van der Waals surface area contributed by atoms with Crippen molar-refractivity contribution in [3.8, 4) is 0 Å². The molecule has 0 N–H and O–H groups in total. The van der Waals surface area contributed by atoms with E-state index in [1.807, 2.05) is 0 Å². The summed E-state index contributed by atoms with van der Waals surface area (Å²) in [5.41, 5.74) is 0. The van der Waals surface area contributed by atoms with E-state index in [2.05, 4.69) is 27.8 Å². The van der Waals surface area contributed by atoms with Crippen molar-refractivity contribution in [2.75, 3.05) is 13.1 Å². The van der Waals surface area contributed by atoms with Gasteiger partial charge in [0.1, 0.15) is 10.0 Å². The molecule has 1 aliphatic rings. The first kappa shape index (κ1) is 15.2. The van der Waals surface area contributed by atoms with Crippen molar-refractivity contribution < 1.29 is 8.42 Å². The van der Waals surface area contributed by atoms with Crippen molar-refractivity contribution in [1.29, 1.82) is 0 Å². The van der Waals surface area contributed by atoms with Crippen LogP contribution in [0.2, 0.25) is 5.15 Å². The molecule has 0 saturated carbocycles. The molecule has 1 fully saturated rings. The molecule has 0 aromatic carbocycles. The Morgan fingerprint density at radius 1 is 1.47 bits per heavy atom. The third-order valence-electron chi connectivity index (χ3n) is 3.54. The molecule has 0 unspecified atom stereocenters. The van der Waals surface area contributed by atoms with Crippen LogP contribution in [0.25, 0.3) is 0 Å². The van der Waals surface area contributed by atoms with Crippen LogP contribution in [0.5, 0.6) is 0 Å². The number of rotatable bonds is 3. The third kappa shape index (κ3) is 3.29. The maximum absolute atomic E-state index is 12.5. The zero-order valence-electron chi connectivity index (χ0n) is 10.6.